The third-order valence-electron chi connectivity index (χ3n) is 5.53. The Morgan fingerprint density at radius 2 is 1.34 bits per heavy atom. The van der Waals surface area contributed by atoms with Crippen molar-refractivity contribution in [2.24, 2.45) is 0 Å². The molecule has 14 nitrogen and oxygen atoms in total. The lowest BCUT2D eigenvalue weighted by molar-refractivity contribution is -0.138. The summed E-state index contributed by atoms with van der Waals surface area (Å²) in [5.74, 6) is -0.783. The van der Waals surface area contributed by atoms with Gasteiger partial charge >= 0.3 is 21.7 Å². The maximum absolute atomic E-state index is 12.7. The van der Waals surface area contributed by atoms with Crippen LogP contribution >= 0.6 is 22.6 Å². The Bertz CT molecular complexity index is 1270. The van der Waals surface area contributed by atoms with Gasteiger partial charge in [-0.2, -0.15) is 36.3 Å². The number of nitrogens with two attached hydrogens (primary N) is 2. The van der Waals surface area contributed by atoms with Gasteiger partial charge in [-0.3, -0.25) is 9.13 Å². The SMILES string of the molecule is FC(F)(F)I.Nc1ccn([C@H]2C[C@@H](O)[C@@H](CO)O2)c(=O)n1.Nc1nc(=O)n([C@H]2C[C@@H](O)[C@@H](CO)O2)cc1C(F)(F)F. The van der Waals surface area contributed by atoms with Crippen molar-refractivity contribution in [2.45, 2.75) is 60.1 Å². The van der Waals surface area contributed by atoms with Gasteiger partial charge in [0.15, 0.2) is 0 Å². The molecule has 8 N–H and O–H groups in total. The summed E-state index contributed by atoms with van der Waals surface area (Å²) in [6.45, 7) is -0.796. The van der Waals surface area contributed by atoms with Gasteiger partial charge in [-0.15, -0.1) is 0 Å². The van der Waals surface area contributed by atoms with Crippen molar-refractivity contribution in [3.63, 3.8) is 0 Å². The molecule has 0 bridgehead atoms. The molecule has 41 heavy (non-hydrogen) atoms. The molecule has 4 rings (SSSR count). The molecule has 2 aromatic rings. The monoisotopic (exact) mass is 718 g/mol. The van der Waals surface area contributed by atoms with Crippen molar-refractivity contribution in [3.05, 3.63) is 45.0 Å². The van der Waals surface area contributed by atoms with Crippen LogP contribution in [-0.4, -0.2) is 81.3 Å². The zero-order valence-corrected chi connectivity index (χ0v) is 22.7. The lowest BCUT2D eigenvalue weighted by Crippen LogP contribution is -2.30. The van der Waals surface area contributed by atoms with Crippen LogP contribution in [0.2, 0.25) is 0 Å². The van der Waals surface area contributed by atoms with Gasteiger partial charge in [0.1, 0.15) is 41.9 Å². The van der Waals surface area contributed by atoms with Crippen LogP contribution in [-0.2, 0) is 15.7 Å². The number of aliphatic hydroxyl groups is 4. The molecule has 2 aromatic heterocycles. The first-order valence-electron chi connectivity index (χ1n) is 11.3. The largest absolute Gasteiger partial charge is 0.441 e. The number of aliphatic hydroxyl groups excluding tert-OH is 4. The highest BCUT2D eigenvalue weighted by Gasteiger charge is 2.39. The fourth-order valence-corrected chi connectivity index (χ4v) is 3.65. The summed E-state index contributed by atoms with van der Waals surface area (Å²) < 4.78 is 77.4. The number of rotatable bonds is 4. The summed E-state index contributed by atoms with van der Waals surface area (Å²) in [6, 6.07) is 1.48. The second-order valence-corrected chi connectivity index (χ2v) is 9.65. The average molecular weight is 718 g/mol. The van der Waals surface area contributed by atoms with Crippen LogP contribution in [0, 0.1) is 0 Å². The number of ether oxygens (including phenoxy) is 2. The standard InChI is InChI=1S/C10H12F3N3O4.C9H13N3O4.CF3I/c11-10(12,13)4-2-16(9(19)15-8(4)14)7-1-5(18)6(3-17)20-7;10-7-1-2-12(9(15)11-7)8-3-5(14)6(4-13)16-8;2-1(3,4)5/h2,5-7,17-18H,1,3H2,(H2,14,15,19);1-2,5-6,8,13-14H,3-4H2,(H2,10,11,15);/t5-,6-,7-;5-,6-,8-;/m11./s1. The summed E-state index contributed by atoms with van der Waals surface area (Å²) in [6.07, 6.45) is -7.90. The molecule has 2 aliphatic rings. The molecule has 21 heteroatoms. The van der Waals surface area contributed by atoms with Crippen LogP contribution in [0.25, 0.3) is 0 Å². The van der Waals surface area contributed by atoms with Crippen molar-refractivity contribution < 1.29 is 56.2 Å². The average Bonchev–Trinajstić information content (AvgIpc) is 3.39. The van der Waals surface area contributed by atoms with Crippen molar-refractivity contribution in [1.82, 2.24) is 19.1 Å². The zero-order valence-electron chi connectivity index (χ0n) is 20.5. The van der Waals surface area contributed by atoms with Gasteiger partial charge in [0.25, 0.3) is 0 Å². The molecule has 2 aliphatic heterocycles. The Morgan fingerprint density at radius 3 is 1.73 bits per heavy atom. The lowest BCUT2D eigenvalue weighted by atomic mass is 10.2. The molecule has 0 aliphatic carbocycles. The molecular weight excluding hydrogens is 693 g/mol. The molecule has 0 unspecified atom stereocenters. The summed E-state index contributed by atoms with van der Waals surface area (Å²) in [5.41, 5.74) is 7.62. The van der Waals surface area contributed by atoms with Gasteiger partial charge in [-0.05, 0) is 6.07 Å². The van der Waals surface area contributed by atoms with Crippen LogP contribution in [0.4, 0.5) is 38.0 Å². The number of hydrogen-bond donors (Lipinski definition) is 6. The maximum atomic E-state index is 12.7. The van der Waals surface area contributed by atoms with E-state index in [1.54, 1.807) is 0 Å². The summed E-state index contributed by atoms with van der Waals surface area (Å²) in [7, 11) is 0. The van der Waals surface area contributed by atoms with E-state index in [4.69, 9.17) is 31.2 Å². The fourth-order valence-electron chi connectivity index (χ4n) is 3.65. The summed E-state index contributed by atoms with van der Waals surface area (Å²) in [5, 5.41) is 36.9. The minimum atomic E-state index is -4.76. The van der Waals surface area contributed by atoms with Gasteiger partial charge in [0, 0.05) is 47.8 Å². The Kier molecular flexibility index (Phi) is 11.9. The van der Waals surface area contributed by atoms with Gasteiger partial charge < -0.3 is 41.4 Å². The highest BCUT2D eigenvalue weighted by atomic mass is 127. The number of hydrogen-bond acceptors (Lipinski definition) is 12. The quantitative estimate of drug-likeness (QED) is 0.139. The van der Waals surface area contributed by atoms with E-state index in [2.05, 4.69) is 9.97 Å². The first kappa shape index (κ1) is 34.6. The Morgan fingerprint density at radius 1 is 0.902 bits per heavy atom. The molecule has 0 saturated carbocycles. The molecule has 0 aromatic carbocycles. The number of nitrogens with zero attached hydrogens (tertiary/aromatic N) is 4. The van der Waals surface area contributed by atoms with E-state index in [9.17, 15) is 46.1 Å². The van der Waals surface area contributed by atoms with Crippen molar-refractivity contribution in [2.75, 3.05) is 24.7 Å². The number of alkyl halides is 7. The molecule has 4 heterocycles. The minimum Gasteiger partial charge on any atom is -0.394 e. The Hall–Kier alpha value is -2.57. The van der Waals surface area contributed by atoms with Gasteiger partial charge in [0.2, 0.25) is 0 Å². The first-order valence-corrected chi connectivity index (χ1v) is 12.4. The number of anilines is 2. The van der Waals surface area contributed by atoms with E-state index in [0.29, 0.717) is 33.4 Å². The zero-order chi connectivity index (χ0) is 31.3. The molecule has 0 radical (unpaired) electrons. The first-order chi connectivity index (χ1) is 18.8. The molecule has 2 saturated heterocycles. The third kappa shape index (κ3) is 10.0. The lowest BCUT2D eigenvalue weighted by Gasteiger charge is -2.17. The second-order valence-electron chi connectivity index (χ2n) is 8.43. The highest BCUT2D eigenvalue weighted by Crippen LogP contribution is 2.34. The minimum absolute atomic E-state index is 0.131. The van der Waals surface area contributed by atoms with E-state index in [-0.39, 0.29) is 25.3 Å². The molecular formula is C20H25F6IN6O8. The van der Waals surface area contributed by atoms with E-state index >= 15 is 0 Å². The smallest absolute Gasteiger partial charge is 0.394 e. The molecule has 232 valence electrons. The number of aromatic nitrogens is 4. The third-order valence-corrected chi connectivity index (χ3v) is 5.53. The normalized spacial score (nSPS) is 26.1. The number of nitrogen functional groups attached to an aromatic ring is 2. The maximum Gasteiger partial charge on any atom is 0.441 e. The van der Waals surface area contributed by atoms with E-state index in [0.717, 1.165) is 0 Å². The predicted octanol–water partition coefficient (Wildman–Crippen LogP) is -0.108. The predicted molar refractivity (Wildman–Crippen MR) is 134 cm³/mol. The van der Waals surface area contributed by atoms with Crippen LogP contribution in [0.15, 0.2) is 28.0 Å². The molecule has 0 amide bonds. The van der Waals surface area contributed by atoms with E-state index in [1.165, 1.54) is 16.8 Å². The molecule has 2 fully saturated rings. The summed E-state index contributed by atoms with van der Waals surface area (Å²) >= 11 is 0.378. The molecule has 0 spiro atoms. The van der Waals surface area contributed by atoms with Gasteiger partial charge in [-0.25, -0.2) is 9.59 Å². The van der Waals surface area contributed by atoms with E-state index < -0.39 is 76.6 Å². The van der Waals surface area contributed by atoms with E-state index in [1.807, 2.05) is 0 Å². The Balaban J connectivity index is 0.000000251. The van der Waals surface area contributed by atoms with Crippen molar-refractivity contribution in [3.8, 4) is 0 Å². The van der Waals surface area contributed by atoms with Crippen molar-refractivity contribution >= 4 is 34.2 Å². The van der Waals surface area contributed by atoms with Crippen molar-refractivity contribution in [1.29, 1.82) is 0 Å². The summed E-state index contributed by atoms with van der Waals surface area (Å²) in [4.78, 5) is 29.7. The van der Waals surface area contributed by atoms with Crippen LogP contribution in [0.1, 0.15) is 30.9 Å². The van der Waals surface area contributed by atoms with Crippen LogP contribution in [0.5, 0.6) is 0 Å². The topological polar surface area (TPSA) is 221 Å². The second kappa shape index (κ2) is 14.1. The fraction of sp³-hybridized carbons (Fsp3) is 0.600. The highest BCUT2D eigenvalue weighted by molar-refractivity contribution is 14.1. The Labute approximate surface area is 239 Å². The van der Waals surface area contributed by atoms with Crippen LogP contribution < -0.4 is 22.8 Å². The molecule has 6 atom stereocenters. The number of halogens is 7. The van der Waals surface area contributed by atoms with Gasteiger partial charge in [0.05, 0.1) is 25.4 Å². The van der Waals surface area contributed by atoms with Gasteiger partial charge in [-0.1, -0.05) is 0 Å². The van der Waals surface area contributed by atoms with Crippen LogP contribution in [0.3, 0.4) is 0 Å².